The summed E-state index contributed by atoms with van der Waals surface area (Å²) in [4.78, 5) is 10.3. The van der Waals surface area contributed by atoms with Crippen molar-refractivity contribution in [2.75, 3.05) is 41.3 Å². The summed E-state index contributed by atoms with van der Waals surface area (Å²) in [5.74, 6) is 1.26. The summed E-state index contributed by atoms with van der Waals surface area (Å²) in [5, 5.41) is 5.70. The Morgan fingerprint density at radius 1 is 1.40 bits per heavy atom. The van der Waals surface area contributed by atoms with Crippen molar-refractivity contribution in [1.29, 1.82) is 0 Å². The third-order valence-corrected chi connectivity index (χ3v) is 6.52. The number of rotatable bonds is 6. The molecule has 0 spiro atoms. The second-order valence-electron chi connectivity index (χ2n) is 7.60. The first kappa shape index (κ1) is 24.9. The minimum Gasteiger partial charge on any atom is -0.494 e. The third kappa shape index (κ3) is 6.07. The number of methoxy groups -OCH3 is 1. The first-order chi connectivity index (χ1) is 14.0. The maximum absolute atomic E-state index is 14.0. The number of guanidine groups is 1. The van der Waals surface area contributed by atoms with E-state index in [9.17, 15) is 4.39 Å². The molecule has 0 bridgehead atoms. The maximum atomic E-state index is 14.0. The second kappa shape index (κ2) is 11.9. The van der Waals surface area contributed by atoms with E-state index in [0.717, 1.165) is 24.6 Å². The van der Waals surface area contributed by atoms with E-state index in [4.69, 9.17) is 4.74 Å². The van der Waals surface area contributed by atoms with E-state index < -0.39 is 0 Å². The minimum absolute atomic E-state index is 0. The molecule has 1 N–H and O–H groups in total. The van der Waals surface area contributed by atoms with E-state index in [1.807, 2.05) is 29.4 Å². The fourth-order valence-corrected chi connectivity index (χ4v) is 5.13. The van der Waals surface area contributed by atoms with Gasteiger partial charge in [0, 0.05) is 38.1 Å². The predicted octanol–water partition coefficient (Wildman–Crippen LogP) is 4.60. The molecule has 2 heterocycles. The molecule has 0 amide bonds. The summed E-state index contributed by atoms with van der Waals surface area (Å²) >= 11 is 1.83. The Morgan fingerprint density at radius 2 is 2.20 bits per heavy atom. The molecule has 1 aliphatic heterocycles. The monoisotopic (exact) mass is 546 g/mol. The van der Waals surface area contributed by atoms with E-state index in [0.29, 0.717) is 18.5 Å². The third-order valence-electron chi connectivity index (χ3n) is 5.57. The van der Waals surface area contributed by atoms with E-state index in [1.54, 1.807) is 13.1 Å². The number of nitrogens with one attached hydrogen (secondary N) is 1. The molecule has 1 aliphatic rings. The number of hydrogen-bond donors (Lipinski definition) is 1. The molecular formula is C22H32FIN4OS. The number of nitrogens with zero attached hydrogens (tertiary/aromatic N) is 3. The Bertz CT molecular complexity index is 817. The number of benzene rings is 1. The Labute approximate surface area is 200 Å². The summed E-state index contributed by atoms with van der Waals surface area (Å²) in [6, 6.07) is 9.88. The van der Waals surface area contributed by atoms with Crippen LogP contribution in [0.1, 0.15) is 29.3 Å². The van der Waals surface area contributed by atoms with Crippen molar-refractivity contribution in [3.8, 4) is 5.75 Å². The van der Waals surface area contributed by atoms with Gasteiger partial charge in [0.2, 0.25) is 0 Å². The molecule has 30 heavy (non-hydrogen) atoms. The average molecular weight is 546 g/mol. The van der Waals surface area contributed by atoms with Gasteiger partial charge in [-0.25, -0.2) is 4.39 Å². The molecule has 1 saturated heterocycles. The lowest BCUT2D eigenvalue weighted by Gasteiger charge is -2.39. The zero-order valence-corrected chi connectivity index (χ0v) is 21.2. The quantitative estimate of drug-likeness (QED) is 0.327. The number of piperidine rings is 1. The van der Waals surface area contributed by atoms with Crippen molar-refractivity contribution < 1.29 is 9.13 Å². The van der Waals surface area contributed by atoms with Crippen LogP contribution in [0.5, 0.6) is 5.75 Å². The molecule has 2 atom stereocenters. The highest BCUT2D eigenvalue weighted by atomic mass is 127. The van der Waals surface area contributed by atoms with Gasteiger partial charge >= 0.3 is 0 Å². The smallest absolute Gasteiger partial charge is 0.193 e. The topological polar surface area (TPSA) is 40.1 Å². The van der Waals surface area contributed by atoms with Crippen LogP contribution in [-0.4, -0.2) is 57.1 Å². The van der Waals surface area contributed by atoms with Crippen LogP contribution in [0.3, 0.4) is 0 Å². The van der Waals surface area contributed by atoms with Gasteiger partial charge in [-0.1, -0.05) is 12.1 Å². The molecule has 3 rings (SSSR count). The molecule has 2 unspecified atom stereocenters. The van der Waals surface area contributed by atoms with Crippen LogP contribution in [0.2, 0.25) is 0 Å². The fourth-order valence-electron chi connectivity index (χ4n) is 4.15. The molecule has 2 aromatic rings. The summed E-state index contributed by atoms with van der Waals surface area (Å²) < 4.78 is 19.0. The summed E-state index contributed by atoms with van der Waals surface area (Å²) in [5.41, 5.74) is 0.877. The van der Waals surface area contributed by atoms with Gasteiger partial charge in [-0.15, -0.1) is 35.3 Å². The Hall–Kier alpha value is -1.39. The standard InChI is InChI=1S/C22H31FN4OS.HI/c1-24-22(27(3)15-16-9-10-19(28-4)18(23)13-16)25-14-17-7-5-11-26(2)21(17)20-8-6-12-29-20;/h6,8-10,12-13,17,21H,5,7,11,14-15H2,1-4H3,(H,24,25);1H. The van der Waals surface area contributed by atoms with Crippen molar-refractivity contribution >= 4 is 41.3 Å². The van der Waals surface area contributed by atoms with Crippen molar-refractivity contribution in [3.63, 3.8) is 0 Å². The maximum Gasteiger partial charge on any atom is 0.193 e. The number of hydrogen-bond acceptors (Lipinski definition) is 4. The summed E-state index contributed by atoms with van der Waals surface area (Å²) in [6.45, 7) is 2.57. The van der Waals surface area contributed by atoms with Gasteiger partial charge < -0.3 is 15.0 Å². The van der Waals surface area contributed by atoms with Crippen molar-refractivity contribution in [2.24, 2.45) is 10.9 Å². The van der Waals surface area contributed by atoms with Crippen LogP contribution < -0.4 is 10.1 Å². The molecular weight excluding hydrogens is 514 g/mol. The highest BCUT2D eigenvalue weighted by Gasteiger charge is 2.31. The number of likely N-dealkylation sites (tertiary alicyclic amines) is 1. The van der Waals surface area contributed by atoms with Crippen LogP contribution >= 0.6 is 35.3 Å². The molecule has 8 heteroatoms. The van der Waals surface area contributed by atoms with E-state index >= 15 is 0 Å². The Morgan fingerprint density at radius 3 is 2.83 bits per heavy atom. The van der Waals surface area contributed by atoms with Crippen LogP contribution in [0.25, 0.3) is 0 Å². The minimum atomic E-state index is -0.342. The van der Waals surface area contributed by atoms with Gasteiger partial charge in [0.25, 0.3) is 0 Å². The van der Waals surface area contributed by atoms with Crippen molar-refractivity contribution in [2.45, 2.75) is 25.4 Å². The van der Waals surface area contributed by atoms with Crippen molar-refractivity contribution in [1.82, 2.24) is 15.1 Å². The van der Waals surface area contributed by atoms with Gasteiger partial charge in [-0.2, -0.15) is 0 Å². The fraction of sp³-hybridized carbons (Fsp3) is 0.500. The van der Waals surface area contributed by atoms with Crippen LogP contribution in [0.15, 0.2) is 40.7 Å². The first-order valence-electron chi connectivity index (χ1n) is 10.0. The number of aliphatic imine (C=N–C) groups is 1. The SMILES string of the molecule is CN=C(NCC1CCCN(C)C1c1cccs1)N(C)Cc1ccc(OC)c(F)c1.I. The number of halogens is 2. The van der Waals surface area contributed by atoms with Crippen LogP contribution in [-0.2, 0) is 6.54 Å². The molecule has 1 aromatic heterocycles. The lowest BCUT2D eigenvalue weighted by Crippen LogP contribution is -2.45. The predicted molar refractivity (Wildman–Crippen MR) is 134 cm³/mol. The van der Waals surface area contributed by atoms with Crippen LogP contribution in [0.4, 0.5) is 4.39 Å². The lowest BCUT2D eigenvalue weighted by atomic mass is 9.88. The molecule has 1 aromatic carbocycles. The first-order valence-corrected chi connectivity index (χ1v) is 10.9. The highest BCUT2D eigenvalue weighted by Crippen LogP contribution is 2.36. The number of ether oxygens (including phenoxy) is 1. The van der Waals surface area contributed by atoms with Crippen LogP contribution in [0, 0.1) is 11.7 Å². The Kier molecular flexibility index (Phi) is 9.83. The molecule has 0 radical (unpaired) electrons. The van der Waals surface area contributed by atoms with Crippen molar-refractivity contribution in [3.05, 3.63) is 52.0 Å². The highest BCUT2D eigenvalue weighted by molar-refractivity contribution is 14.0. The van der Waals surface area contributed by atoms with E-state index in [1.165, 1.54) is 30.9 Å². The molecule has 0 saturated carbocycles. The molecule has 166 valence electrons. The largest absolute Gasteiger partial charge is 0.494 e. The number of thiophene rings is 1. The molecule has 5 nitrogen and oxygen atoms in total. The second-order valence-corrected chi connectivity index (χ2v) is 8.58. The molecule has 0 aliphatic carbocycles. The lowest BCUT2D eigenvalue weighted by molar-refractivity contribution is 0.124. The Balaban J connectivity index is 0.00000320. The van der Waals surface area contributed by atoms with Gasteiger partial charge in [0.05, 0.1) is 7.11 Å². The summed E-state index contributed by atoms with van der Waals surface area (Å²) in [6.07, 6.45) is 2.41. The molecule has 1 fully saturated rings. The van der Waals surface area contributed by atoms with Gasteiger partial charge in [0.1, 0.15) is 0 Å². The normalized spacial score (nSPS) is 19.8. The van der Waals surface area contributed by atoms with E-state index in [2.05, 4.69) is 39.8 Å². The zero-order chi connectivity index (χ0) is 20.8. The zero-order valence-electron chi connectivity index (χ0n) is 18.1. The van der Waals surface area contributed by atoms with Gasteiger partial charge in [-0.05, 0) is 61.5 Å². The summed E-state index contributed by atoms with van der Waals surface area (Å²) in [7, 11) is 7.45. The average Bonchev–Trinajstić information content (AvgIpc) is 3.23. The van der Waals surface area contributed by atoms with E-state index in [-0.39, 0.29) is 35.5 Å². The van der Waals surface area contributed by atoms with Gasteiger partial charge in [0.15, 0.2) is 17.5 Å². The van der Waals surface area contributed by atoms with Gasteiger partial charge in [-0.3, -0.25) is 9.89 Å².